The van der Waals surface area contributed by atoms with Gasteiger partial charge in [0.2, 0.25) is 0 Å². The predicted octanol–water partition coefficient (Wildman–Crippen LogP) is 2.01. The highest BCUT2D eigenvalue weighted by atomic mass is 127. The number of benzene rings is 1. The monoisotopic (exact) mass is 303 g/mol. The van der Waals surface area contributed by atoms with Crippen molar-refractivity contribution in [3.8, 4) is 0 Å². The summed E-state index contributed by atoms with van der Waals surface area (Å²) in [5.41, 5.74) is 1.08. The number of carbonyl (C=O) groups excluding carboxylic acids is 1. The largest absolute Gasteiger partial charge is 0.311 e. The second kappa shape index (κ2) is 5.46. The molecule has 2 nitrogen and oxygen atoms in total. The van der Waals surface area contributed by atoms with Gasteiger partial charge in [-0.2, -0.15) is 0 Å². The highest BCUT2D eigenvalue weighted by Gasteiger charge is 2.10. The number of nitrogens with one attached hydrogen (secondary N) is 1. The second-order valence-corrected chi connectivity index (χ2v) is 4.53. The second-order valence-electron chi connectivity index (χ2n) is 3.28. The number of hydrogen-bond donors (Lipinski definition) is 1. The van der Waals surface area contributed by atoms with Crippen LogP contribution in [0.25, 0.3) is 0 Å². The molecule has 0 saturated carbocycles. The van der Waals surface area contributed by atoms with Gasteiger partial charge in [0.25, 0.3) is 0 Å². The number of halogens is 1. The molecule has 14 heavy (non-hydrogen) atoms. The first-order chi connectivity index (χ1) is 6.63. The Hall–Kier alpha value is -0.420. The fourth-order valence-corrected chi connectivity index (χ4v) is 1.48. The first kappa shape index (κ1) is 11.7. The molecule has 3 heteroatoms. The van der Waals surface area contributed by atoms with Crippen molar-refractivity contribution in [2.75, 3.05) is 7.05 Å². The number of hydrogen-bond acceptors (Lipinski definition) is 2. The van der Waals surface area contributed by atoms with Crippen molar-refractivity contribution in [2.24, 2.45) is 0 Å². The number of rotatable bonds is 4. The van der Waals surface area contributed by atoms with Gasteiger partial charge in [0, 0.05) is 9.99 Å². The van der Waals surface area contributed by atoms with E-state index in [4.69, 9.17) is 0 Å². The number of likely N-dealkylation sites (N-methyl/N-ethyl adjacent to an activating group) is 1. The molecular weight excluding hydrogens is 289 g/mol. The Balaban J connectivity index is 2.60. The van der Waals surface area contributed by atoms with Gasteiger partial charge in [-0.25, -0.2) is 0 Å². The first-order valence-corrected chi connectivity index (χ1v) is 5.66. The molecule has 0 amide bonds. The van der Waals surface area contributed by atoms with Gasteiger partial charge in [-0.3, -0.25) is 4.79 Å². The van der Waals surface area contributed by atoms with E-state index in [1.165, 1.54) is 3.57 Å². The van der Waals surface area contributed by atoms with Crippen molar-refractivity contribution < 1.29 is 4.79 Å². The lowest BCUT2D eigenvalue weighted by Gasteiger charge is -2.08. The van der Waals surface area contributed by atoms with Gasteiger partial charge >= 0.3 is 0 Å². The van der Waals surface area contributed by atoms with Crippen LogP contribution < -0.4 is 5.32 Å². The summed E-state index contributed by atoms with van der Waals surface area (Å²) in [4.78, 5) is 11.6. The standard InChI is InChI=1S/C11H14INO/c1-8(13-2)11(14)7-9-3-5-10(12)6-4-9/h3-6,8,13H,7H2,1-2H3. The lowest BCUT2D eigenvalue weighted by Crippen LogP contribution is -2.31. The molecule has 1 atom stereocenters. The highest BCUT2D eigenvalue weighted by molar-refractivity contribution is 14.1. The van der Waals surface area contributed by atoms with Crippen LogP contribution in [0.3, 0.4) is 0 Å². The average Bonchev–Trinajstić information content (AvgIpc) is 2.20. The van der Waals surface area contributed by atoms with E-state index in [1.54, 1.807) is 7.05 Å². The van der Waals surface area contributed by atoms with Gasteiger partial charge in [-0.05, 0) is 54.3 Å². The Kier molecular flexibility index (Phi) is 4.54. The van der Waals surface area contributed by atoms with E-state index in [0.29, 0.717) is 6.42 Å². The highest BCUT2D eigenvalue weighted by Crippen LogP contribution is 2.08. The molecule has 1 N–H and O–H groups in total. The van der Waals surface area contributed by atoms with E-state index >= 15 is 0 Å². The van der Waals surface area contributed by atoms with Gasteiger partial charge in [0.05, 0.1) is 6.04 Å². The van der Waals surface area contributed by atoms with Crippen LogP contribution >= 0.6 is 22.6 Å². The normalized spacial score (nSPS) is 12.5. The van der Waals surface area contributed by atoms with Crippen molar-refractivity contribution in [1.29, 1.82) is 0 Å². The molecule has 0 aromatic heterocycles. The molecule has 0 heterocycles. The van der Waals surface area contributed by atoms with Crippen molar-refractivity contribution in [1.82, 2.24) is 5.32 Å². The fraction of sp³-hybridized carbons (Fsp3) is 0.364. The van der Waals surface area contributed by atoms with Crippen molar-refractivity contribution >= 4 is 28.4 Å². The van der Waals surface area contributed by atoms with Crippen LogP contribution in [-0.4, -0.2) is 18.9 Å². The minimum absolute atomic E-state index is 0.0609. The molecule has 0 radical (unpaired) electrons. The minimum Gasteiger partial charge on any atom is -0.311 e. The van der Waals surface area contributed by atoms with Crippen LogP contribution in [0.4, 0.5) is 0 Å². The van der Waals surface area contributed by atoms with Crippen LogP contribution in [0.2, 0.25) is 0 Å². The Labute approximate surface area is 98.2 Å². The Morgan fingerprint density at radius 2 is 2.00 bits per heavy atom. The maximum Gasteiger partial charge on any atom is 0.153 e. The zero-order valence-corrected chi connectivity index (χ0v) is 10.5. The zero-order chi connectivity index (χ0) is 10.6. The summed E-state index contributed by atoms with van der Waals surface area (Å²) in [7, 11) is 1.80. The van der Waals surface area contributed by atoms with Crippen LogP contribution in [0.15, 0.2) is 24.3 Å². The van der Waals surface area contributed by atoms with E-state index in [1.807, 2.05) is 31.2 Å². The predicted molar refractivity (Wildman–Crippen MR) is 66.4 cm³/mol. The minimum atomic E-state index is -0.0609. The Bertz CT molecular complexity index is 308. The summed E-state index contributed by atoms with van der Waals surface area (Å²) in [6.45, 7) is 1.88. The van der Waals surface area contributed by atoms with Gasteiger partial charge in [0.15, 0.2) is 5.78 Å². The molecule has 1 rings (SSSR count). The molecule has 0 fully saturated rings. The topological polar surface area (TPSA) is 29.1 Å². The van der Waals surface area contributed by atoms with Gasteiger partial charge in [-0.1, -0.05) is 12.1 Å². The van der Waals surface area contributed by atoms with Gasteiger partial charge < -0.3 is 5.32 Å². The molecule has 1 unspecified atom stereocenters. The Morgan fingerprint density at radius 1 is 1.43 bits per heavy atom. The van der Waals surface area contributed by atoms with E-state index in [9.17, 15) is 4.79 Å². The number of Topliss-reactive ketones (excluding diaryl/α,β-unsaturated/α-hetero) is 1. The van der Waals surface area contributed by atoms with Crippen LogP contribution in [0, 0.1) is 3.57 Å². The molecule has 0 saturated heterocycles. The van der Waals surface area contributed by atoms with Gasteiger partial charge in [-0.15, -0.1) is 0 Å². The molecule has 0 spiro atoms. The Morgan fingerprint density at radius 3 is 2.50 bits per heavy atom. The SMILES string of the molecule is CNC(C)C(=O)Cc1ccc(I)cc1. The lowest BCUT2D eigenvalue weighted by atomic mass is 10.1. The molecule has 0 aliphatic carbocycles. The summed E-state index contributed by atoms with van der Waals surface area (Å²) < 4.78 is 1.19. The van der Waals surface area contributed by atoms with E-state index in [0.717, 1.165) is 5.56 Å². The quantitative estimate of drug-likeness (QED) is 0.862. The third-order valence-corrected chi connectivity index (χ3v) is 2.93. The van der Waals surface area contributed by atoms with Crippen molar-refractivity contribution in [2.45, 2.75) is 19.4 Å². The molecule has 0 bridgehead atoms. The maximum atomic E-state index is 11.6. The van der Waals surface area contributed by atoms with Crippen LogP contribution in [-0.2, 0) is 11.2 Å². The van der Waals surface area contributed by atoms with Crippen molar-refractivity contribution in [3.05, 3.63) is 33.4 Å². The van der Waals surface area contributed by atoms with E-state index in [2.05, 4.69) is 27.9 Å². The summed E-state index contributed by atoms with van der Waals surface area (Å²) in [5.74, 6) is 0.230. The molecular formula is C11H14INO. The number of ketones is 1. The summed E-state index contributed by atoms with van der Waals surface area (Å²) >= 11 is 2.25. The van der Waals surface area contributed by atoms with Gasteiger partial charge in [0.1, 0.15) is 0 Å². The molecule has 1 aromatic carbocycles. The van der Waals surface area contributed by atoms with E-state index in [-0.39, 0.29) is 11.8 Å². The number of carbonyl (C=O) groups is 1. The zero-order valence-electron chi connectivity index (χ0n) is 8.38. The summed E-state index contributed by atoms with van der Waals surface area (Å²) in [6.07, 6.45) is 0.513. The first-order valence-electron chi connectivity index (χ1n) is 4.58. The average molecular weight is 303 g/mol. The molecule has 1 aromatic rings. The third-order valence-electron chi connectivity index (χ3n) is 2.21. The third kappa shape index (κ3) is 3.38. The fourth-order valence-electron chi connectivity index (χ4n) is 1.12. The van der Waals surface area contributed by atoms with Crippen LogP contribution in [0.1, 0.15) is 12.5 Å². The maximum absolute atomic E-state index is 11.6. The smallest absolute Gasteiger partial charge is 0.153 e. The van der Waals surface area contributed by atoms with E-state index < -0.39 is 0 Å². The van der Waals surface area contributed by atoms with Crippen molar-refractivity contribution in [3.63, 3.8) is 0 Å². The molecule has 76 valence electrons. The molecule has 0 aliphatic heterocycles. The molecule has 0 aliphatic rings. The summed E-state index contributed by atoms with van der Waals surface area (Å²) in [6, 6.07) is 7.99. The van der Waals surface area contributed by atoms with Crippen LogP contribution in [0.5, 0.6) is 0 Å². The summed E-state index contributed by atoms with van der Waals surface area (Å²) in [5, 5.41) is 2.95. The lowest BCUT2D eigenvalue weighted by molar-refractivity contribution is -0.119.